The van der Waals surface area contributed by atoms with Crippen LogP contribution >= 0.6 is 0 Å². The predicted molar refractivity (Wildman–Crippen MR) is 83.3 cm³/mol. The summed E-state index contributed by atoms with van der Waals surface area (Å²) in [6.07, 6.45) is 3.79. The average Bonchev–Trinajstić information content (AvgIpc) is 3.04. The molecule has 5 heteroatoms. The Hall–Kier alpha value is -2.30. The molecule has 0 aliphatic carbocycles. The van der Waals surface area contributed by atoms with Crippen molar-refractivity contribution in [1.82, 2.24) is 10.2 Å². The van der Waals surface area contributed by atoms with Crippen LogP contribution in [-0.2, 0) is 4.79 Å². The van der Waals surface area contributed by atoms with Gasteiger partial charge in [-0.25, -0.2) is 0 Å². The zero-order chi connectivity index (χ0) is 15.1. The van der Waals surface area contributed by atoms with E-state index in [9.17, 15) is 9.59 Å². The van der Waals surface area contributed by atoms with Gasteiger partial charge < -0.3 is 15.5 Å². The Bertz CT molecular complexity index is 522. The highest BCUT2D eigenvalue weighted by molar-refractivity contribution is 5.95. The molecule has 1 saturated heterocycles. The first-order valence-electron chi connectivity index (χ1n) is 7.21. The highest BCUT2D eigenvalue weighted by atomic mass is 16.2. The fourth-order valence-corrected chi connectivity index (χ4v) is 2.30. The van der Waals surface area contributed by atoms with E-state index in [1.807, 2.05) is 23.1 Å². The lowest BCUT2D eigenvalue weighted by Crippen LogP contribution is -2.30. The molecular formula is C16H21N3O2. The highest BCUT2D eigenvalue weighted by Gasteiger charge is 2.19. The maximum absolute atomic E-state index is 12.3. The van der Waals surface area contributed by atoms with Crippen molar-refractivity contribution in [2.45, 2.75) is 12.8 Å². The number of hydrogen-bond donors (Lipinski definition) is 2. The molecule has 2 N–H and O–H groups in total. The highest BCUT2D eigenvalue weighted by Crippen LogP contribution is 2.16. The van der Waals surface area contributed by atoms with Crippen LogP contribution in [0.25, 0.3) is 0 Å². The molecule has 2 amide bonds. The van der Waals surface area contributed by atoms with E-state index in [-0.39, 0.29) is 18.4 Å². The van der Waals surface area contributed by atoms with Crippen LogP contribution < -0.4 is 10.6 Å². The molecule has 1 heterocycles. The molecule has 5 nitrogen and oxygen atoms in total. The maximum atomic E-state index is 12.3. The third kappa shape index (κ3) is 4.34. The monoisotopic (exact) mass is 287 g/mol. The van der Waals surface area contributed by atoms with Crippen LogP contribution in [-0.4, -0.2) is 42.9 Å². The normalized spacial score (nSPS) is 13.8. The lowest BCUT2D eigenvalue weighted by Gasteiger charge is -2.16. The van der Waals surface area contributed by atoms with Gasteiger partial charge in [-0.2, -0.15) is 0 Å². The van der Waals surface area contributed by atoms with E-state index in [0.717, 1.165) is 31.6 Å². The number of nitrogens with one attached hydrogen (secondary N) is 2. The summed E-state index contributed by atoms with van der Waals surface area (Å²) in [7, 11) is 0. The van der Waals surface area contributed by atoms with Crippen LogP contribution in [0, 0.1) is 0 Å². The second-order valence-corrected chi connectivity index (χ2v) is 5.03. The van der Waals surface area contributed by atoms with Crippen molar-refractivity contribution in [3.05, 3.63) is 42.5 Å². The third-order valence-corrected chi connectivity index (χ3v) is 3.40. The Morgan fingerprint density at radius 1 is 1.29 bits per heavy atom. The molecule has 1 aliphatic heterocycles. The van der Waals surface area contributed by atoms with Crippen LogP contribution in [0.3, 0.4) is 0 Å². The summed E-state index contributed by atoms with van der Waals surface area (Å²) in [4.78, 5) is 25.7. The SMILES string of the molecule is C=CCNC(=O)CNc1cccc(C(=O)N2CCCC2)c1. The van der Waals surface area contributed by atoms with Crippen LogP contribution in [0.2, 0.25) is 0 Å². The van der Waals surface area contributed by atoms with Crippen molar-refractivity contribution >= 4 is 17.5 Å². The van der Waals surface area contributed by atoms with Crippen molar-refractivity contribution in [2.75, 3.05) is 31.5 Å². The molecule has 1 aromatic carbocycles. The maximum Gasteiger partial charge on any atom is 0.253 e. The fraction of sp³-hybridized carbons (Fsp3) is 0.375. The molecule has 0 unspecified atom stereocenters. The van der Waals surface area contributed by atoms with E-state index in [1.165, 1.54) is 0 Å². The zero-order valence-electron chi connectivity index (χ0n) is 12.1. The zero-order valence-corrected chi connectivity index (χ0v) is 12.1. The number of rotatable bonds is 6. The van der Waals surface area contributed by atoms with Gasteiger partial charge in [-0.15, -0.1) is 6.58 Å². The Morgan fingerprint density at radius 2 is 2.05 bits per heavy atom. The second-order valence-electron chi connectivity index (χ2n) is 5.03. The third-order valence-electron chi connectivity index (χ3n) is 3.40. The Morgan fingerprint density at radius 3 is 2.76 bits per heavy atom. The molecule has 0 radical (unpaired) electrons. The molecule has 0 saturated carbocycles. The van der Waals surface area contributed by atoms with Gasteiger partial charge in [-0.1, -0.05) is 12.1 Å². The molecule has 112 valence electrons. The van der Waals surface area contributed by atoms with Crippen molar-refractivity contribution < 1.29 is 9.59 Å². The van der Waals surface area contributed by atoms with E-state index < -0.39 is 0 Å². The van der Waals surface area contributed by atoms with Crippen LogP contribution in [0.5, 0.6) is 0 Å². The van der Waals surface area contributed by atoms with Crippen molar-refractivity contribution in [1.29, 1.82) is 0 Å². The number of amides is 2. The summed E-state index contributed by atoms with van der Waals surface area (Å²) in [5.74, 6) is -0.0431. The first-order valence-corrected chi connectivity index (χ1v) is 7.21. The lowest BCUT2D eigenvalue weighted by molar-refractivity contribution is -0.119. The van der Waals surface area contributed by atoms with Gasteiger partial charge in [0.1, 0.15) is 0 Å². The van der Waals surface area contributed by atoms with Crippen molar-refractivity contribution in [3.63, 3.8) is 0 Å². The number of anilines is 1. The van der Waals surface area contributed by atoms with Crippen LogP contribution in [0.4, 0.5) is 5.69 Å². The Labute approximate surface area is 125 Å². The standard InChI is InChI=1S/C16H21N3O2/c1-2-8-17-15(20)12-18-14-7-5-6-13(11-14)16(21)19-9-3-4-10-19/h2,5-7,11,18H,1,3-4,8-10,12H2,(H,17,20). The minimum atomic E-state index is -0.105. The molecule has 0 aromatic heterocycles. The Balaban J connectivity index is 1.92. The average molecular weight is 287 g/mol. The van der Waals surface area contributed by atoms with Crippen molar-refractivity contribution in [3.8, 4) is 0 Å². The molecular weight excluding hydrogens is 266 g/mol. The van der Waals surface area contributed by atoms with Gasteiger partial charge in [0.25, 0.3) is 5.91 Å². The molecule has 1 fully saturated rings. The molecule has 0 bridgehead atoms. The molecule has 2 rings (SSSR count). The first kappa shape index (κ1) is 15.1. The van der Waals surface area contributed by atoms with Gasteiger partial charge in [0, 0.05) is 30.9 Å². The van der Waals surface area contributed by atoms with Crippen LogP contribution in [0.15, 0.2) is 36.9 Å². The van der Waals surface area contributed by atoms with Crippen molar-refractivity contribution in [2.24, 2.45) is 0 Å². The quantitative estimate of drug-likeness (QED) is 0.782. The predicted octanol–water partition coefficient (Wildman–Crippen LogP) is 1.64. The van der Waals surface area contributed by atoms with Gasteiger partial charge in [0.2, 0.25) is 5.91 Å². The number of carbonyl (C=O) groups excluding carboxylic acids is 2. The molecule has 21 heavy (non-hydrogen) atoms. The summed E-state index contributed by atoms with van der Waals surface area (Å²) in [6.45, 7) is 5.84. The van der Waals surface area contributed by atoms with E-state index in [1.54, 1.807) is 12.1 Å². The van der Waals surface area contributed by atoms with E-state index in [4.69, 9.17) is 0 Å². The van der Waals surface area contributed by atoms with Gasteiger partial charge in [0.15, 0.2) is 0 Å². The van der Waals surface area contributed by atoms with Gasteiger partial charge >= 0.3 is 0 Å². The first-order chi connectivity index (χ1) is 10.2. The number of nitrogens with zero attached hydrogens (tertiary/aromatic N) is 1. The van der Waals surface area contributed by atoms with Gasteiger partial charge in [-0.3, -0.25) is 9.59 Å². The summed E-state index contributed by atoms with van der Waals surface area (Å²) < 4.78 is 0. The number of likely N-dealkylation sites (tertiary alicyclic amines) is 1. The number of carbonyl (C=O) groups is 2. The number of benzene rings is 1. The summed E-state index contributed by atoms with van der Waals surface area (Å²) in [5.41, 5.74) is 1.43. The Kier molecular flexibility index (Phi) is 5.37. The van der Waals surface area contributed by atoms with Crippen LogP contribution in [0.1, 0.15) is 23.2 Å². The smallest absolute Gasteiger partial charge is 0.253 e. The van der Waals surface area contributed by atoms with Gasteiger partial charge in [-0.05, 0) is 31.0 Å². The second kappa shape index (κ2) is 7.47. The fourth-order valence-electron chi connectivity index (χ4n) is 2.30. The molecule has 0 spiro atoms. The van der Waals surface area contributed by atoms with E-state index in [2.05, 4.69) is 17.2 Å². The molecule has 1 aliphatic rings. The summed E-state index contributed by atoms with van der Waals surface area (Å²) >= 11 is 0. The van der Waals surface area contributed by atoms with E-state index >= 15 is 0 Å². The number of hydrogen-bond acceptors (Lipinski definition) is 3. The molecule has 1 aromatic rings. The molecule has 0 atom stereocenters. The topological polar surface area (TPSA) is 61.4 Å². The summed E-state index contributed by atoms with van der Waals surface area (Å²) in [6, 6.07) is 7.28. The van der Waals surface area contributed by atoms with E-state index in [0.29, 0.717) is 12.1 Å². The van der Waals surface area contributed by atoms with Gasteiger partial charge in [0.05, 0.1) is 6.54 Å². The minimum Gasteiger partial charge on any atom is -0.376 e. The minimum absolute atomic E-state index is 0.0623. The lowest BCUT2D eigenvalue weighted by atomic mass is 10.1. The summed E-state index contributed by atoms with van der Waals surface area (Å²) in [5, 5.41) is 5.71. The largest absolute Gasteiger partial charge is 0.376 e.